The summed E-state index contributed by atoms with van der Waals surface area (Å²) in [5.74, 6) is 0. The van der Waals surface area contributed by atoms with E-state index in [-0.39, 0.29) is 36.2 Å². The van der Waals surface area contributed by atoms with E-state index in [1.54, 1.807) is 0 Å². The Morgan fingerprint density at radius 1 is 0.267 bits per heavy atom. The molecule has 0 aliphatic carbocycles. The van der Waals surface area contributed by atoms with Crippen LogP contribution in [0.2, 0.25) is 0 Å². The van der Waals surface area contributed by atoms with Crippen molar-refractivity contribution in [3.8, 4) is 0 Å². The van der Waals surface area contributed by atoms with Gasteiger partial charge in [-0.15, -0.1) is 0 Å². The van der Waals surface area contributed by atoms with E-state index >= 15 is 0 Å². The molecule has 460 valence electrons. The Kier molecular flexibility index (Phi) is 30.2. The van der Waals surface area contributed by atoms with Crippen molar-refractivity contribution in [3.05, 3.63) is 169 Å². The predicted octanol–water partition coefficient (Wildman–Crippen LogP) is 13.9. The molecule has 0 saturated heterocycles. The van der Waals surface area contributed by atoms with E-state index in [1.165, 1.54) is 0 Å². The zero-order valence-corrected chi connectivity index (χ0v) is 58.0. The van der Waals surface area contributed by atoms with Crippen molar-refractivity contribution in [1.29, 1.82) is 0 Å². The number of nitrogens with one attached hydrogen (secondary N) is 12. The summed E-state index contributed by atoms with van der Waals surface area (Å²) in [5.41, 5.74) is 10.3. The third kappa shape index (κ3) is 26.4. The molecule has 26 heteroatoms. The van der Waals surface area contributed by atoms with E-state index in [1.807, 2.05) is 151 Å². The summed E-state index contributed by atoms with van der Waals surface area (Å²) >= 11 is 20.8. The fourth-order valence-corrected chi connectivity index (χ4v) is 9.50. The first kappa shape index (κ1) is 70.5. The van der Waals surface area contributed by atoms with E-state index in [2.05, 4.69) is 169 Å². The molecule has 0 radical (unpaired) electrons. The molecule has 0 aliphatic heterocycles. The van der Waals surface area contributed by atoms with Gasteiger partial charge in [0.15, 0.2) is 0 Å². The van der Waals surface area contributed by atoms with Gasteiger partial charge in [-0.1, -0.05) is 95.6 Å². The first-order valence-corrected chi connectivity index (χ1v) is 32.1. The van der Waals surface area contributed by atoms with Crippen LogP contribution in [0.4, 0.5) is 62.9 Å². The monoisotopic (exact) mass is 1560 g/mol. The fraction of sp³-hybridized carbons (Fsp3) is 0.300. The molecule has 0 atom stereocenters. The number of anilines is 6. The maximum atomic E-state index is 12.4. The summed E-state index contributed by atoms with van der Waals surface area (Å²) in [6.45, 7) is 17.0. The number of nitrogens with zero attached hydrogens (tertiary/aromatic N) is 2. The van der Waals surface area contributed by atoms with Gasteiger partial charge >= 0.3 is 36.2 Å². The Labute approximate surface area is 553 Å². The number of aryl methyl sites for hydroxylation is 6. The van der Waals surface area contributed by atoms with Gasteiger partial charge in [0.1, 0.15) is 0 Å². The Hall–Kier alpha value is -6.26. The molecule has 0 heterocycles. The van der Waals surface area contributed by atoms with Crippen LogP contribution < -0.4 is 63.8 Å². The second kappa shape index (κ2) is 36.8. The number of halogens is 6. The number of amides is 12. The standard InChI is InChI=1S/2C30H36Br3N7O3/c2*1-19-16-22(4-7-25(19)31)37-28(41)34-10-13-40(14-11-35-29(42)38-23-5-8-26(32)20(2)17-23)15-12-36-30(43)39-24-6-9-27(33)21(3)18-24/h2*4-9,16-18H,10-15H2,1-3H3,(H2,34,37,41)(H2,35,38,42)(H2,36,39,43). The van der Waals surface area contributed by atoms with Crippen molar-refractivity contribution >= 4 is 166 Å². The summed E-state index contributed by atoms with van der Waals surface area (Å²) in [7, 11) is 0. The van der Waals surface area contributed by atoms with Crippen molar-refractivity contribution in [2.75, 3.05) is 110 Å². The molecule has 6 rings (SSSR count). The van der Waals surface area contributed by atoms with Crippen LogP contribution in [-0.4, -0.2) is 125 Å². The Morgan fingerprint density at radius 3 is 0.535 bits per heavy atom. The minimum atomic E-state index is -0.314. The molecule has 20 nitrogen and oxygen atoms in total. The quantitative estimate of drug-likeness (QED) is 0.0277. The molecule has 86 heavy (non-hydrogen) atoms. The average Bonchev–Trinajstić information content (AvgIpc) is 3.63. The second-order valence-electron chi connectivity index (χ2n) is 19.8. The summed E-state index contributed by atoms with van der Waals surface area (Å²) in [4.78, 5) is 78.8. The van der Waals surface area contributed by atoms with Gasteiger partial charge in [0.05, 0.1) is 0 Å². The Bertz CT molecular complexity index is 2750. The van der Waals surface area contributed by atoms with E-state index in [4.69, 9.17) is 0 Å². The van der Waals surface area contributed by atoms with Gasteiger partial charge in [-0.25, -0.2) is 28.8 Å². The van der Waals surface area contributed by atoms with Crippen LogP contribution >= 0.6 is 95.6 Å². The lowest BCUT2D eigenvalue weighted by Crippen LogP contribution is -2.44. The summed E-state index contributed by atoms with van der Waals surface area (Å²) in [6.07, 6.45) is 0. The van der Waals surface area contributed by atoms with Crippen LogP contribution in [0, 0.1) is 41.5 Å². The molecule has 6 aromatic rings. The normalized spacial score (nSPS) is 10.7. The summed E-state index contributed by atoms with van der Waals surface area (Å²) in [5, 5.41) is 34.2. The molecule has 0 spiro atoms. The number of hydrogen-bond acceptors (Lipinski definition) is 8. The van der Waals surface area contributed by atoms with Gasteiger partial charge in [0, 0.05) is 139 Å². The van der Waals surface area contributed by atoms with Gasteiger partial charge in [0.2, 0.25) is 0 Å². The van der Waals surface area contributed by atoms with E-state index in [9.17, 15) is 28.8 Å². The summed E-state index contributed by atoms with van der Waals surface area (Å²) < 4.78 is 5.82. The number of carbonyl (C=O) groups is 6. The van der Waals surface area contributed by atoms with Gasteiger partial charge in [0.25, 0.3) is 0 Å². The van der Waals surface area contributed by atoms with Crippen LogP contribution in [0.3, 0.4) is 0 Å². The minimum absolute atomic E-state index is 0.314. The summed E-state index contributed by atoms with van der Waals surface area (Å²) in [6, 6.07) is 31.6. The highest BCUT2D eigenvalue weighted by atomic mass is 79.9. The lowest BCUT2D eigenvalue weighted by Gasteiger charge is -2.23. The third-order valence-electron chi connectivity index (χ3n) is 12.8. The van der Waals surface area contributed by atoms with E-state index in [0.29, 0.717) is 113 Å². The molecule has 6 aromatic carbocycles. The molecule has 12 amide bonds. The van der Waals surface area contributed by atoms with Crippen molar-refractivity contribution in [2.45, 2.75) is 41.5 Å². The highest BCUT2D eigenvalue weighted by molar-refractivity contribution is 9.11. The van der Waals surface area contributed by atoms with Crippen LogP contribution in [0.1, 0.15) is 33.4 Å². The fourth-order valence-electron chi connectivity index (χ4n) is 8.02. The van der Waals surface area contributed by atoms with Crippen LogP contribution in [-0.2, 0) is 0 Å². The second-order valence-corrected chi connectivity index (χ2v) is 24.9. The molecule has 0 aromatic heterocycles. The molecule has 0 unspecified atom stereocenters. The third-order valence-corrected chi connectivity index (χ3v) is 18.1. The lowest BCUT2D eigenvalue weighted by atomic mass is 10.2. The number of benzene rings is 6. The van der Waals surface area contributed by atoms with Crippen molar-refractivity contribution in [1.82, 2.24) is 41.7 Å². The zero-order valence-electron chi connectivity index (χ0n) is 48.5. The number of hydrogen-bond donors (Lipinski definition) is 12. The molecule has 0 aliphatic rings. The van der Waals surface area contributed by atoms with Crippen molar-refractivity contribution in [3.63, 3.8) is 0 Å². The first-order valence-electron chi connectivity index (χ1n) is 27.3. The first-order chi connectivity index (χ1) is 41.0. The molecule has 0 fully saturated rings. The molecular weight excluding hydrogens is 1490 g/mol. The Balaban J connectivity index is 0.000000314. The minimum Gasteiger partial charge on any atom is -0.337 e. The SMILES string of the molecule is Cc1cc(NC(=O)NCCN(CCNC(=O)Nc2ccc(Br)c(C)c2)CCNC(=O)Nc2ccc(Br)c(C)c2)ccc1Br.Cc1cc(NC(=O)NCCN(CCNC(=O)Nc2ccc(Br)c(C)c2)CCNC(=O)Nc2ccc(Br)c(C)c2)ccc1Br. The molecule has 0 bridgehead atoms. The molecular formula is C60H72Br6N14O6. The van der Waals surface area contributed by atoms with Gasteiger partial charge in [-0.05, 0) is 184 Å². The van der Waals surface area contributed by atoms with Crippen LogP contribution in [0.5, 0.6) is 0 Å². The average molecular weight is 1560 g/mol. The lowest BCUT2D eigenvalue weighted by molar-refractivity contribution is 0.236. The highest BCUT2D eigenvalue weighted by Gasteiger charge is 2.14. The van der Waals surface area contributed by atoms with Crippen molar-refractivity contribution in [2.24, 2.45) is 0 Å². The maximum Gasteiger partial charge on any atom is 0.319 e. The van der Waals surface area contributed by atoms with E-state index in [0.717, 1.165) is 60.2 Å². The molecule has 12 N–H and O–H groups in total. The largest absolute Gasteiger partial charge is 0.337 e. The number of urea groups is 6. The predicted molar refractivity (Wildman–Crippen MR) is 368 cm³/mol. The smallest absolute Gasteiger partial charge is 0.319 e. The van der Waals surface area contributed by atoms with Gasteiger partial charge in [-0.3, -0.25) is 9.80 Å². The van der Waals surface area contributed by atoms with Crippen molar-refractivity contribution < 1.29 is 28.8 Å². The maximum absolute atomic E-state index is 12.4. The van der Waals surface area contributed by atoms with Crippen LogP contribution in [0.25, 0.3) is 0 Å². The number of carbonyl (C=O) groups excluding carboxylic acids is 6. The Morgan fingerprint density at radius 2 is 0.407 bits per heavy atom. The zero-order chi connectivity index (χ0) is 62.7. The number of rotatable bonds is 24. The topological polar surface area (TPSA) is 253 Å². The highest BCUT2D eigenvalue weighted by Crippen LogP contribution is 2.24. The van der Waals surface area contributed by atoms with Gasteiger partial charge < -0.3 is 63.8 Å². The molecule has 0 saturated carbocycles. The van der Waals surface area contributed by atoms with Gasteiger partial charge in [-0.2, -0.15) is 0 Å². The van der Waals surface area contributed by atoms with E-state index < -0.39 is 0 Å². The van der Waals surface area contributed by atoms with Crippen LogP contribution in [0.15, 0.2) is 136 Å².